The zero-order chi connectivity index (χ0) is 20.4. The number of carbonyl (C=O) groups excluding carboxylic acids is 2. The Bertz CT molecular complexity index is 939. The van der Waals surface area contributed by atoms with Gasteiger partial charge in [0.15, 0.2) is 6.10 Å². The molecule has 7 heteroatoms. The van der Waals surface area contributed by atoms with Gasteiger partial charge in [0.25, 0.3) is 0 Å². The van der Waals surface area contributed by atoms with Crippen LogP contribution in [0, 0.1) is 0 Å². The van der Waals surface area contributed by atoms with Gasteiger partial charge in [-0.3, -0.25) is 9.69 Å². The predicted molar refractivity (Wildman–Crippen MR) is 114 cm³/mol. The standard InChI is InChI=1S/C22H19ClN2O3S/c23-12-11-16-13-29-21-17(24)20(26)25(21)18(16)22(27)28-19(14-7-3-1-4-8-14)15-9-5-2-6-10-15/h1-12,17,19,21H,13,24H2/b12-11+/t17?,21-/m0/s1. The Hall–Kier alpha value is -2.54. The molecule has 0 aliphatic carbocycles. The molecule has 29 heavy (non-hydrogen) atoms. The lowest BCUT2D eigenvalue weighted by molar-refractivity contribution is -0.153. The zero-order valence-electron chi connectivity index (χ0n) is 15.4. The van der Waals surface area contributed by atoms with Crippen molar-refractivity contribution in [2.45, 2.75) is 17.5 Å². The summed E-state index contributed by atoms with van der Waals surface area (Å²) in [6, 6.07) is 18.4. The van der Waals surface area contributed by atoms with Crippen LogP contribution in [0.3, 0.4) is 0 Å². The number of thioether (sulfide) groups is 1. The van der Waals surface area contributed by atoms with E-state index in [-0.39, 0.29) is 17.0 Å². The van der Waals surface area contributed by atoms with E-state index in [2.05, 4.69) is 0 Å². The van der Waals surface area contributed by atoms with Gasteiger partial charge in [0.1, 0.15) is 17.1 Å². The van der Waals surface area contributed by atoms with E-state index in [0.29, 0.717) is 11.3 Å². The van der Waals surface area contributed by atoms with Gasteiger partial charge in [0, 0.05) is 11.3 Å². The number of nitrogens with two attached hydrogens (primary N) is 1. The van der Waals surface area contributed by atoms with E-state index in [1.165, 1.54) is 22.2 Å². The molecule has 0 spiro atoms. The van der Waals surface area contributed by atoms with Gasteiger partial charge in [0.05, 0.1) is 0 Å². The van der Waals surface area contributed by atoms with E-state index in [9.17, 15) is 9.59 Å². The topological polar surface area (TPSA) is 72.6 Å². The minimum Gasteiger partial charge on any atom is -0.448 e. The van der Waals surface area contributed by atoms with Gasteiger partial charge in [-0.15, -0.1) is 11.8 Å². The number of halogens is 1. The van der Waals surface area contributed by atoms with E-state index in [4.69, 9.17) is 22.1 Å². The summed E-state index contributed by atoms with van der Waals surface area (Å²) in [7, 11) is 0. The van der Waals surface area contributed by atoms with Crippen LogP contribution in [-0.4, -0.2) is 33.9 Å². The number of carbonyl (C=O) groups is 2. The summed E-state index contributed by atoms with van der Waals surface area (Å²) < 4.78 is 5.96. The van der Waals surface area contributed by atoms with Crippen molar-refractivity contribution < 1.29 is 14.3 Å². The molecule has 0 saturated carbocycles. The highest BCUT2D eigenvalue weighted by Gasteiger charge is 2.52. The molecule has 2 heterocycles. The summed E-state index contributed by atoms with van der Waals surface area (Å²) in [6.45, 7) is 0. The molecule has 2 aromatic rings. The van der Waals surface area contributed by atoms with Gasteiger partial charge in [0.2, 0.25) is 5.91 Å². The minimum absolute atomic E-state index is 0.217. The van der Waals surface area contributed by atoms with Crippen LogP contribution in [0.4, 0.5) is 0 Å². The molecule has 2 N–H and O–H groups in total. The lowest BCUT2D eigenvalue weighted by Crippen LogP contribution is -2.68. The highest BCUT2D eigenvalue weighted by Crippen LogP contribution is 2.41. The molecule has 148 valence electrons. The van der Waals surface area contributed by atoms with Crippen molar-refractivity contribution in [3.05, 3.63) is 94.7 Å². The van der Waals surface area contributed by atoms with E-state index in [0.717, 1.165) is 11.1 Å². The van der Waals surface area contributed by atoms with Gasteiger partial charge in [-0.2, -0.15) is 0 Å². The van der Waals surface area contributed by atoms with Crippen LogP contribution < -0.4 is 5.73 Å². The van der Waals surface area contributed by atoms with Crippen molar-refractivity contribution in [2.75, 3.05) is 5.75 Å². The summed E-state index contributed by atoms with van der Waals surface area (Å²) in [5.74, 6) is -0.333. The number of nitrogens with zero attached hydrogens (tertiary/aromatic N) is 1. The van der Waals surface area contributed by atoms with Crippen molar-refractivity contribution in [1.82, 2.24) is 4.90 Å². The summed E-state index contributed by atoms with van der Waals surface area (Å²) in [5.41, 5.74) is 9.79. The summed E-state index contributed by atoms with van der Waals surface area (Å²) in [4.78, 5) is 27.1. The molecule has 1 fully saturated rings. The molecule has 2 aliphatic rings. The third-order valence-electron chi connectivity index (χ3n) is 4.93. The normalized spacial score (nSPS) is 21.3. The van der Waals surface area contributed by atoms with Crippen LogP contribution in [-0.2, 0) is 14.3 Å². The molecule has 2 atom stereocenters. The van der Waals surface area contributed by atoms with Crippen molar-refractivity contribution in [1.29, 1.82) is 0 Å². The number of β-lactam (4-membered cyclic amide) rings is 1. The third kappa shape index (κ3) is 3.71. The van der Waals surface area contributed by atoms with Gasteiger partial charge < -0.3 is 10.5 Å². The molecule has 2 aliphatic heterocycles. The highest BCUT2D eigenvalue weighted by atomic mass is 35.5. The average Bonchev–Trinajstić information content (AvgIpc) is 2.77. The number of hydrogen-bond donors (Lipinski definition) is 1. The van der Waals surface area contributed by atoms with Crippen LogP contribution in [0.2, 0.25) is 0 Å². The highest BCUT2D eigenvalue weighted by molar-refractivity contribution is 8.00. The maximum absolute atomic E-state index is 13.3. The Balaban J connectivity index is 1.70. The van der Waals surface area contributed by atoms with Gasteiger partial charge in [-0.1, -0.05) is 72.3 Å². The second-order valence-corrected chi connectivity index (χ2v) is 8.07. The Kier molecular flexibility index (Phi) is 5.76. The number of benzene rings is 2. The first-order valence-electron chi connectivity index (χ1n) is 9.13. The van der Waals surface area contributed by atoms with Crippen LogP contribution in [0.25, 0.3) is 0 Å². The summed E-state index contributed by atoms with van der Waals surface area (Å²) in [6.07, 6.45) is 1.02. The van der Waals surface area contributed by atoms with Crippen molar-refractivity contribution in [3.8, 4) is 0 Å². The fourth-order valence-electron chi connectivity index (χ4n) is 3.48. The largest absolute Gasteiger partial charge is 0.448 e. The second kappa shape index (κ2) is 8.45. The second-order valence-electron chi connectivity index (χ2n) is 6.71. The van der Waals surface area contributed by atoms with Gasteiger partial charge in [-0.05, 0) is 22.8 Å². The van der Waals surface area contributed by atoms with Crippen molar-refractivity contribution >= 4 is 35.2 Å². The maximum Gasteiger partial charge on any atom is 0.356 e. The molecule has 1 unspecified atom stereocenters. The number of ether oxygens (including phenoxy) is 1. The fourth-order valence-corrected chi connectivity index (χ4v) is 4.90. The quantitative estimate of drug-likeness (QED) is 0.584. The lowest BCUT2D eigenvalue weighted by Gasteiger charge is -2.48. The molecule has 2 aromatic carbocycles. The van der Waals surface area contributed by atoms with Crippen molar-refractivity contribution in [2.24, 2.45) is 5.73 Å². The van der Waals surface area contributed by atoms with E-state index < -0.39 is 18.1 Å². The molecule has 0 radical (unpaired) electrons. The molecule has 0 bridgehead atoms. The van der Waals surface area contributed by atoms with Gasteiger partial charge in [-0.25, -0.2) is 4.79 Å². The summed E-state index contributed by atoms with van der Waals surface area (Å²) >= 11 is 7.28. The zero-order valence-corrected chi connectivity index (χ0v) is 17.0. The van der Waals surface area contributed by atoms with E-state index in [1.54, 1.807) is 6.08 Å². The lowest BCUT2D eigenvalue weighted by atomic mass is 10.0. The molecular weight excluding hydrogens is 408 g/mol. The third-order valence-corrected chi connectivity index (χ3v) is 6.38. The molecule has 0 aromatic heterocycles. The first-order chi connectivity index (χ1) is 14.1. The first kappa shape index (κ1) is 19.8. The van der Waals surface area contributed by atoms with E-state index in [1.807, 2.05) is 60.7 Å². The molecule has 1 amide bonds. The Morgan fingerprint density at radius 3 is 2.28 bits per heavy atom. The minimum atomic E-state index is -0.608. The van der Waals surface area contributed by atoms with E-state index >= 15 is 0 Å². The molecule has 4 rings (SSSR count). The van der Waals surface area contributed by atoms with Crippen LogP contribution in [0.5, 0.6) is 0 Å². The predicted octanol–water partition coefficient (Wildman–Crippen LogP) is 3.57. The number of esters is 1. The van der Waals surface area contributed by atoms with Crippen LogP contribution in [0.15, 0.2) is 83.5 Å². The Morgan fingerprint density at radius 2 is 1.72 bits per heavy atom. The van der Waals surface area contributed by atoms with Crippen LogP contribution >= 0.6 is 23.4 Å². The number of amides is 1. The monoisotopic (exact) mass is 426 g/mol. The number of hydrogen-bond acceptors (Lipinski definition) is 5. The molecule has 1 saturated heterocycles. The average molecular weight is 427 g/mol. The number of rotatable bonds is 5. The summed E-state index contributed by atoms with van der Waals surface area (Å²) in [5, 5.41) is -0.260. The maximum atomic E-state index is 13.3. The van der Waals surface area contributed by atoms with Crippen LogP contribution in [0.1, 0.15) is 17.2 Å². The fraction of sp³-hybridized carbons (Fsp3) is 0.182. The Labute approximate surface area is 178 Å². The molecular formula is C22H19ClN2O3S. The SMILES string of the molecule is NC1C(=O)N2C(C(=O)OC(c3ccccc3)c3ccccc3)=C(/C=C/Cl)CS[C@@H]12. The number of allylic oxidation sites excluding steroid dienone is 1. The Morgan fingerprint density at radius 1 is 1.14 bits per heavy atom. The van der Waals surface area contributed by atoms with Gasteiger partial charge >= 0.3 is 5.97 Å². The number of fused-ring (bicyclic) bond motifs is 1. The van der Waals surface area contributed by atoms with Crippen molar-refractivity contribution in [3.63, 3.8) is 0 Å². The molecule has 5 nitrogen and oxygen atoms in total. The first-order valence-corrected chi connectivity index (χ1v) is 10.6. The smallest absolute Gasteiger partial charge is 0.356 e.